The average molecular weight is 647 g/mol. The zero-order valence-corrected chi connectivity index (χ0v) is 25.0. The molecule has 1 heterocycles. The van der Waals surface area contributed by atoms with Gasteiger partial charge in [-0.15, -0.1) is 0 Å². The van der Waals surface area contributed by atoms with Gasteiger partial charge in [0.05, 0.1) is 16.7 Å². The minimum absolute atomic E-state index is 0.0130. The third-order valence-electron chi connectivity index (χ3n) is 7.83. The molecule has 6 rings (SSSR count). The maximum Gasteiger partial charge on any atom is 0.338 e. The van der Waals surface area contributed by atoms with Crippen LogP contribution < -0.4 is 0 Å². The Morgan fingerprint density at radius 3 is 1.44 bits per heavy atom. The standard InChI is InChI=1S/C37H26O11/c38-27-20-26(28(39)25-19-11-10-18-24(25)27)29-30(46-35(42)21-12-4-1-5-13-21)31(47-36(43)22-14-6-2-7-15-22)32(33(45-29)34(40)41)48-37(44)23-16-8-3-9-17-23/h1-20,29-33H,(H,40,41)/t29-,30-,31+,32+,33-/m0/s1. The molecule has 0 aromatic heterocycles. The van der Waals surface area contributed by atoms with Gasteiger partial charge in [0.25, 0.3) is 0 Å². The van der Waals surface area contributed by atoms with Crippen LogP contribution in [-0.2, 0) is 23.7 Å². The Bertz CT molecular complexity index is 1920. The monoisotopic (exact) mass is 646 g/mol. The number of hydrogen-bond acceptors (Lipinski definition) is 10. The number of fused-ring (bicyclic) bond motifs is 1. The lowest BCUT2D eigenvalue weighted by atomic mass is 9.82. The van der Waals surface area contributed by atoms with Crippen molar-refractivity contribution in [3.8, 4) is 0 Å². The van der Waals surface area contributed by atoms with Gasteiger partial charge in [-0.05, 0) is 42.5 Å². The van der Waals surface area contributed by atoms with Gasteiger partial charge < -0.3 is 24.1 Å². The molecule has 0 saturated carbocycles. The maximum atomic E-state index is 13.9. The van der Waals surface area contributed by atoms with Crippen molar-refractivity contribution < 1.29 is 52.8 Å². The van der Waals surface area contributed by atoms with E-state index in [0.29, 0.717) is 0 Å². The summed E-state index contributed by atoms with van der Waals surface area (Å²) < 4.78 is 23.4. The summed E-state index contributed by atoms with van der Waals surface area (Å²) in [5.41, 5.74) is -0.0688. The van der Waals surface area contributed by atoms with Gasteiger partial charge >= 0.3 is 23.9 Å². The van der Waals surface area contributed by atoms with Crippen molar-refractivity contribution in [2.45, 2.75) is 30.5 Å². The largest absolute Gasteiger partial charge is 0.479 e. The maximum absolute atomic E-state index is 13.9. The Morgan fingerprint density at radius 2 is 0.958 bits per heavy atom. The first-order chi connectivity index (χ1) is 23.2. The fourth-order valence-electron chi connectivity index (χ4n) is 5.53. The first kappa shape index (κ1) is 31.8. The highest BCUT2D eigenvalue weighted by Crippen LogP contribution is 2.36. The van der Waals surface area contributed by atoms with Crippen LogP contribution in [0.1, 0.15) is 51.8 Å². The van der Waals surface area contributed by atoms with Gasteiger partial charge in [-0.25, -0.2) is 19.2 Å². The summed E-state index contributed by atoms with van der Waals surface area (Å²) in [5.74, 6) is -5.84. The van der Waals surface area contributed by atoms with E-state index < -0.39 is 66.0 Å². The second-order valence-electron chi connectivity index (χ2n) is 10.9. The number of esters is 3. The van der Waals surface area contributed by atoms with Crippen LogP contribution in [0.4, 0.5) is 0 Å². The number of aliphatic carboxylic acids is 1. The Hall–Kier alpha value is -6.20. The number of hydrogen-bond donors (Lipinski definition) is 1. The highest BCUT2D eigenvalue weighted by molar-refractivity contribution is 6.25. The van der Waals surface area contributed by atoms with Crippen LogP contribution in [0.2, 0.25) is 0 Å². The molecular formula is C37H26O11. The first-order valence-electron chi connectivity index (χ1n) is 14.8. The molecule has 0 bridgehead atoms. The minimum atomic E-state index is -2.05. The molecule has 240 valence electrons. The zero-order valence-electron chi connectivity index (χ0n) is 25.0. The molecule has 4 aromatic rings. The van der Waals surface area contributed by atoms with Crippen LogP contribution in [-0.4, -0.2) is 71.1 Å². The molecule has 1 fully saturated rings. The molecule has 1 saturated heterocycles. The molecule has 11 nitrogen and oxygen atoms in total. The first-order valence-corrected chi connectivity index (χ1v) is 14.8. The van der Waals surface area contributed by atoms with Crippen molar-refractivity contribution in [3.05, 3.63) is 155 Å². The molecule has 2 aliphatic rings. The highest BCUT2D eigenvalue weighted by Gasteiger charge is 2.57. The van der Waals surface area contributed by atoms with Crippen molar-refractivity contribution in [3.63, 3.8) is 0 Å². The van der Waals surface area contributed by atoms with Gasteiger partial charge in [-0.1, -0.05) is 78.9 Å². The second-order valence-corrected chi connectivity index (χ2v) is 10.9. The number of ether oxygens (including phenoxy) is 4. The van der Waals surface area contributed by atoms with E-state index in [1.54, 1.807) is 66.7 Å². The summed E-state index contributed by atoms with van der Waals surface area (Å²) in [5, 5.41) is 10.4. The van der Waals surface area contributed by atoms with Gasteiger partial charge in [0.2, 0.25) is 0 Å². The van der Waals surface area contributed by atoms with E-state index in [0.717, 1.165) is 6.08 Å². The van der Waals surface area contributed by atoms with E-state index in [1.165, 1.54) is 48.5 Å². The lowest BCUT2D eigenvalue weighted by Crippen LogP contribution is -2.64. The quantitative estimate of drug-likeness (QED) is 0.212. The number of allylic oxidation sites excluding steroid dienone is 1. The lowest BCUT2D eigenvalue weighted by molar-refractivity contribution is -0.219. The molecule has 0 amide bonds. The van der Waals surface area contributed by atoms with Crippen LogP contribution in [0.3, 0.4) is 0 Å². The number of Topliss-reactive ketones (excluding diaryl/α,β-unsaturated/α-hetero) is 1. The minimum Gasteiger partial charge on any atom is -0.479 e. The molecule has 1 aliphatic heterocycles. The van der Waals surface area contributed by atoms with Gasteiger partial charge in [0, 0.05) is 16.7 Å². The number of ketones is 2. The molecule has 1 N–H and O–H groups in total. The number of benzene rings is 4. The Kier molecular flexibility index (Phi) is 9.04. The number of carbonyl (C=O) groups is 6. The molecule has 5 atom stereocenters. The van der Waals surface area contributed by atoms with E-state index in [4.69, 9.17) is 18.9 Å². The zero-order chi connectivity index (χ0) is 33.8. The predicted octanol–water partition coefficient (Wildman–Crippen LogP) is 4.52. The topological polar surface area (TPSA) is 160 Å². The van der Waals surface area contributed by atoms with E-state index in [-0.39, 0.29) is 33.4 Å². The molecule has 0 radical (unpaired) electrons. The molecular weight excluding hydrogens is 620 g/mol. The highest BCUT2D eigenvalue weighted by atomic mass is 16.7. The summed E-state index contributed by atoms with van der Waals surface area (Å²) in [6.07, 6.45) is -8.37. The van der Waals surface area contributed by atoms with Crippen LogP contribution in [0, 0.1) is 0 Å². The smallest absolute Gasteiger partial charge is 0.338 e. The number of rotatable bonds is 8. The fraction of sp³-hybridized carbons (Fsp3) is 0.135. The van der Waals surface area contributed by atoms with Crippen LogP contribution >= 0.6 is 0 Å². The molecule has 0 spiro atoms. The van der Waals surface area contributed by atoms with E-state index >= 15 is 0 Å². The summed E-state index contributed by atoms with van der Waals surface area (Å²) in [6, 6.07) is 29.0. The van der Waals surface area contributed by atoms with Crippen LogP contribution in [0.25, 0.3) is 0 Å². The number of carboxylic acids is 1. The van der Waals surface area contributed by atoms with Crippen molar-refractivity contribution in [2.75, 3.05) is 0 Å². The van der Waals surface area contributed by atoms with Crippen molar-refractivity contribution in [1.29, 1.82) is 0 Å². The van der Waals surface area contributed by atoms with Crippen molar-refractivity contribution in [1.82, 2.24) is 0 Å². The van der Waals surface area contributed by atoms with E-state index in [9.17, 15) is 33.9 Å². The Labute approximate surface area is 273 Å². The molecule has 1 aliphatic carbocycles. The summed E-state index contributed by atoms with van der Waals surface area (Å²) in [6.45, 7) is 0. The normalized spacial score (nSPS) is 21.7. The number of carboxylic acid groups (broad SMARTS) is 1. The van der Waals surface area contributed by atoms with Crippen LogP contribution in [0.5, 0.6) is 0 Å². The Balaban J connectivity index is 1.48. The van der Waals surface area contributed by atoms with Crippen molar-refractivity contribution in [2.24, 2.45) is 0 Å². The predicted molar refractivity (Wildman–Crippen MR) is 166 cm³/mol. The van der Waals surface area contributed by atoms with Crippen molar-refractivity contribution >= 4 is 35.4 Å². The van der Waals surface area contributed by atoms with E-state index in [1.807, 2.05) is 0 Å². The summed E-state index contributed by atoms with van der Waals surface area (Å²) in [7, 11) is 0. The SMILES string of the molecule is O=C(O[C@H]1[C@@H](OC(=O)c2ccccc2)[C@@H](C(=O)O)O[C@@H](C2=CC(=O)c3ccccc3C2=O)[C@@H]1OC(=O)c1ccccc1)c1ccccc1. The third-order valence-corrected chi connectivity index (χ3v) is 7.83. The summed E-state index contributed by atoms with van der Waals surface area (Å²) in [4.78, 5) is 80.2. The molecule has 11 heteroatoms. The average Bonchev–Trinajstić information content (AvgIpc) is 3.12. The molecule has 48 heavy (non-hydrogen) atoms. The van der Waals surface area contributed by atoms with E-state index in [2.05, 4.69) is 0 Å². The van der Waals surface area contributed by atoms with Gasteiger partial charge in [-0.2, -0.15) is 0 Å². The third kappa shape index (κ3) is 6.39. The van der Waals surface area contributed by atoms with Gasteiger partial charge in [0.1, 0.15) is 6.10 Å². The van der Waals surface area contributed by atoms with Gasteiger partial charge in [0.15, 0.2) is 36.0 Å². The lowest BCUT2D eigenvalue weighted by Gasteiger charge is -2.44. The van der Waals surface area contributed by atoms with Gasteiger partial charge in [-0.3, -0.25) is 9.59 Å². The number of carbonyl (C=O) groups excluding carboxylic acids is 5. The molecule has 0 unspecified atom stereocenters. The fourth-order valence-corrected chi connectivity index (χ4v) is 5.53. The summed E-state index contributed by atoms with van der Waals surface area (Å²) >= 11 is 0. The molecule has 4 aromatic carbocycles. The van der Waals surface area contributed by atoms with Crippen LogP contribution in [0.15, 0.2) is 127 Å². The Morgan fingerprint density at radius 1 is 0.542 bits per heavy atom. The second kappa shape index (κ2) is 13.7.